The highest BCUT2D eigenvalue weighted by molar-refractivity contribution is 5.90. The van der Waals surface area contributed by atoms with Crippen LogP contribution in [0.25, 0.3) is 11.4 Å². The van der Waals surface area contributed by atoms with E-state index in [2.05, 4.69) is 15.4 Å². The number of furan rings is 1. The monoisotopic (exact) mass is 308 g/mol. The van der Waals surface area contributed by atoms with Crippen molar-refractivity contribution in [1.29, 1.82) is 0 Å². The van der Waals surface area contributed by atoms with Crippen molar-refractivity contribution in [2.45, 2.75) is 6.04 Å². The molecule has 1 aliphatic rings. The van der Waals surface area contributed by atoms with Gasteiger partial charge in [0.25, 0.3) is 0 Å². The quantitative estimate of drug-likeness (QED) is 0.772. The van der Waals surface area contributed by atoms with Gasteiger partial charge in [-0.15, -0.1) is 5.10 Å². The van der Waals surface area contributed by atoms with Crippen LogP contribution in [-0.2, 0) is 4.79 Å². The Balaban J connectivity index is 1.83. The molecule has 0 saturated heterocycles. The van der Waals surface area contributed by atoms with E-state index in [9.17, 15) is 9.90 Å². The minimum Gasteiger partial charge on any atom is -0.477 e. The Labute approximate surface area is 130 Å². The summed E-state index contributed by atoms with van der Waals surface area (Å²) >= 11 is 0. The van der Waals surface area contributed by atoms with E-state index in [1.807, 2.05) is 30.3 Å². The number of anilines is 1. The lowest BCUT2D eigenvalue weighted by atomic mass is 10.1. The fraction of sp³-hybridized carbons (Fsp3) is 0.0625. The smallest absolute Gasteiger partial charge is 0.352 e. The molecule has 2 N–H and O–H groups in total. The molecule has 7 heteroatoms. The van der Waals surface area contributed by atoms with Crippen LogP contribution in [0.4, 0.5) is 5.95 Å². The molecule has 0 fully saturated rings. The van der Waals surface area contributed by atoms with E-state index < -0.39 is 12.0 Å². The first-order valence-corrected chi connectivity index (χ1v) is 7.00. The van der Waals surface area contributed by atoms with Gasteiger partial charge in [0.05, 0.1) is 6.26 Å². The Morgan fingerprint density at radius 2 is 2.04 bits per heavy atom. The zero-order valence-corrected chi connectivity index (χ0v) is 11.9. The minimum atomic E-state index is -1.06. The number of carboxylic acids is 1. The van der Waals surface area contributed by atoms with Crippen molar-refractivity contribution in [2.75, 3.05) is 5.32 Å². The molecule has 3 heterocycles. The lowest BCUT2D eigenvalue weighted by molar-refractivity contribution is -0.132. The molecule has 1 aromatic carbocycles. The van der Waals surface area contributed by atoms with Crippen molar-refractivity contribution in [2.24, 2.45) is 0 Å². The number of aromatic nitrogens is 3. The molecular formula is C16H12N4O3. The lowest BCUT2D eigenvalue weighted by Gasteiger charge is -2.20. The van der Waals surface area contributed by atoms with Crippen LogP contribution in [0.5, 0.6) is 0 Å². The minimum absolute atomic E-state index is 0.0471. The van der Waals surface area contributed by atoms with Gasteiger partial charge in [-0.1, -0.05) is 30.3 Å². The highest BCUT2D eigenvalue weighted by Gasteiger charge is 2.28. The second-order valence-corrected chi connectivity index (χ2v) is 5.04. The molecule has 0 aliphatic carbocycles. The normalized spacial score (nSPS) is 16.3. The molecular weight excluding hydrogens is 296 g/mol. The van der Waals surface area contributed by atoms with Crippen LogP contribution in [0.1, 0.15) is 11.8 Å². The van der Waals surface area contributed by atoms with Crippen molar-refractivity contribution in [1.82, 2.24) is 14.8 Å². The first-order chi connectivity index (χ1) is 11.2. The summed E-state index contributed by atoms with van der Waals surface area (Å²) in [6, 6.07) is 12.6. The number of hydrogen-bond acceptors (Lipinski definition) is 5. The maximum Gasteiger partial charge on any atom is 0.352 e. The van der Waals surface area contributed by atoms with E-state index in [1.54, 1.807) is 29.2 Å². The third-order valence-electron chi connectivity index (χ3n) is 3.56. The first kappa shape index (κ1) is 13.3. The van der Waals surface area contributed by atoms with Gasteiger partial charge in [0.1, 0.15) is 17.5 Å². The largest absolute Gasteiger partial charge is 0.477 e. The summed E-state index contributed by atoms with van der Waals surface area (Å²) in [6.07, 6.45) is 3.10. The molecule has 0 radical (unpaired) electrons. The Kier molecular flexibility index (Phi) is 2.97. The second-order valence-electron chi connectivity index (χ2n) is 5.04. The molecule has 0 amide bonds. The van der Waals surface area contributed by atoms with E-state index in [4.69, 9.17) is 4.42 Å². The molecule has 1 atom stereocenters. The summed E-state index contributed by atoms with van der Waals surface area (Å²) in [4.78, 5) is 15.7. The average molecular weight is 308 g/mol. The SMILES string of the molecule is O=C(O)C1=CC(c2ccco2)n2nc(-c3ccccc3)nc2N1. The molecule has 1 unspecified atom stereocenters. The van der Waals surface area contributed by atoms with Gasteiger partial charge in [-0.25, -0.2) is 9.48 Å². The van der Waals surface area contributed by atoms with Gasteiger partial charge in [-0.05, 0) is 18.2 Å². The topological polar surface area (TPSA) is 93.2 Å². The molecule has 114 valence electrons. The predicted octanol–water partition coefficient (Wildman–Crippen LogP) is 2.52. The fourth-order valence-electron chi connectivity index (χ4n) is 2.49. The van der Waals surface area contributed by atoms with Gasteiger partial charge >= 0.3 is 5.97 Å². The number of carbonyl (C=O) groups is 1. The summed E-state index contributed by atoms with van der Waals surface area (Å²) < 4.78 is 7.04. The van der Waals surface area contributed by atoms with E-state index in [0.717, 1.165) is 5.56 Å². The zero-order valence-electron chi connectivity index (χ0n) is 11.9. The third-order valence-corrected chi connectivity index (χ3v) is 3.56. The number of hydrogen-bond donors (Lipinski definition) is 2. The summed E-state index contributed by atoms with van der Waals surface area (Å²) in [7, 11) is 0. The first-order valence-electron chi connectivity index (χ1n) is 7.00. The number of fused-ring (bicyclic) bond motifs is 1. The standard InChI is InChI=1S/C16H12N4O3/c21-15(22)11-9-12(13-7-4-8-23-13)20-16(17-11)18-14(19-20)10-5-2-1-3-6-10/h1-9,12H,(H,21,22)(H,17,18,19). The highest BCUT2D eigenvalue weighted by Crippen LogP contribution is 2.31. The van der Waals surface area contributed by atoms with Crippen molar-refractivity contribution in [3.05, 3.63) is 66.3 Å². The van der Waals surface area contributed by atoms with Crippen LogP contribution in [0.3, 0.4) is 0 Å². The summed E-state index contributed by atoms with van der Waals surface area (Å²) in [6.45, 7) is 0. The number of benzene rings is 1. The average Bonchev–Trinajstić information content (AvgIpc) is 3.24. The van der Waals surface area contributed by atoms with Crippen molar-refractivity contribution >= 4 is 11.9 Å². The number of nitrogens with one attached hydrogen (secondary N) is 1. The number of allylic oxidation sites excluding steroid dienone is 1. The summed E-state index contributed by atoms with van der Waals surface area (Å²) in [5.41, 5.74) is 0.900. The number of aliphatic carboxylic acids is 1. The van der Waals surface area contributed by atoms with Crippen LogP contribution < -0.4 is 5.32 Å². The fourth-order valence-corrected chi connectivity index (χ4v) is 2.49. The molecule has 23 heavy (non-hydrogen) atoms. The molecule has 0 bridgehead atoms. The molecule has 4 rings (SSSR count). The number of rotatable bonds is 3. The molecule has 1 aliphatic heterocycles. The molecule has 0 spiro atoms. The number of nitrogens with zero attached hydrogens (tertiary/aromatic N) is 3. The third kappa shape index (κ3) is 2.28. The Morgan fingerprint density at radius 3 is 2.74 bits per heavy atom. The van der Waals surface area contributed by atoms with Crippen molar-refractivity contribution in [3.63, 3.8) is 0 Å². The zero-order chi connectivity index (χ0) is 15.8. The van der Waals surface area contributed by atoms with Crippen LogP contribution in [0.2, 0.25) is 0 Å². The maximum atomic E-state index is 11.3. The maximum absolute atomic E-state index is 11.3. The van der Waals surface area contributed by atoms with Gasteiger partial charge < -0.3 is 14.8 Å². The number of carboxylic acid groups (broad SMARTS) is 1. The van der Waals surface area contributed by atoms with Crippen LogP contribution in [-0.4, -0.2) is 25.8 Å². The van der Waals surface area contributed by atoms with Crippen molar-refractivity contribution in [3.8, 4) is 11.4 Å². The van der Waals surface area contributed by atoms with Crippen molar-refractivity contribution < 1.29 is 14.3 Å². The van der Waals surface area contributed by atoms with Gasteiger partial charge in [-0.2, -0.15) is 4.98 Å². The Hall–Kier alpha value is -3.35. The van der Waals surface area contributed by atoms with Gasteiger partial charge in [-0.3, -0.25) is 0 Å². The summed E-state index contributed by atoms with van der Waals surface area (Å²) in [5, 5.41) is 16.6. The molecule has 7 nitrogen and oxygen atoms in total. The van der Waals surface area contributed by atoms with E-state index >= 15 is 0 Å². The Morgan fingerprint density at radius 1 is 1.22 bits per heavy atom. The van der Waals surface area contributed by atoms with Crippen LogP contribution >= 0.6 is 0 Å². The van der Waals surface area contributed by atoms with Crippen LogP contribution in [0, 0.1) is 0 Å². The highest BCUT2D eigenvalue weighted by atomic mass is 16.4. The predicted molar refractivity (Wildman–Crippen MR) is 81.6 cm³/mol. The van der Waals surface area contributed by atoms with E-state index in [0.29, 0.717) is 17.5 Å². The Bertz CT molecular complexity index is 881. The van der Waals surface area contributed by atoms with Gasteiger partial charge in [0, 0.05) is 5.56 Å². The second kappa shape index (κ2) is 5.13. The lowest BCUT2D eigenvalue weighted by Crippen LogP contribution is -2.24. The molecule has 0 saturated carbocycles. The van der Waals surface area contributed by atoms with Gasteiger partial charge in [0.15, 0.2) is 5.82 Å². The summed E-state index contributed by atoms with van der Waals surface area (Å²) in [5.74, 6) is 0.419. The van der Waals surface area contributed by atoms with E-state index in [1.165, 1.54) is 0 Å². The van der Waals surface area contributed by atoms with Crippen LogP contribution in [0.15, 0.2) is 64.9 Å². The van der Waals surface area contributed by atoms with Gasteiger partial charge in [0.2, 0.25) is 5.95 Å². The molecule has 3 aromatic rings. The molecule has 2 aromatic heterocycles. The van der Waals surface area contributed by atoms with E-state index in [-0.39, 0.29) is 5.70 Å².